The van der Waals surface area contributed by atoms with Gasteiger partial charge in [-0.3, -0.25) is 4.84 Å². The van der Waals surface area contributed by atoms with Crippen LogP contribution in [0.4, 0.5) is 13.2 Å². The van der Waals surface area contributed by atoms with Crippen LogP contribution in [0.5, 0.6) is 0 Å². The molecule has 1 aliphatic rings. The first-order valence-electron chi connectivity index (χ1n) is 8.65. The lowest BCUT2D eigenvalue weighted by Gasteiger charge is -2.23. The van der Waals surface area contributed by atoms with Crippen LogP contribution in [-0.2, 0) is 27.6 Å². The van der Waals surface area contributed by atoms with Crippen molar-refractivity contribution < 1.29 is 26.4 Å². The van der Waals surface area contributed by atoms with E-state index >= 15 is 0 Å². The number of benzene rings is 2. The Morgan fingerprint density at radius 3 is 2.46 bits per heavy atom. The zero-order valence-electron chi connectivity index (χ0n) is 15.4. The van der Waals surface area contributed by atoms with Gasteiger partial charge < -0.3 is 0 Å². The summed E-state index contributed by atoms with van der Waals surface area (Å²) in [5, 5.41) is 0.429. The van der Waals surface area contributed by atoms with Gasteiger partial charge in [0.2, 0.25) is 10.0 Å². The number of hydroxylamine groups is 2. The van der Waals surface area contributed by atoms with E-state index in [9.17, 15) is 21.6 Å². The van der Waals surface area contributed by atoms with Gasteiger partial charge in [0.15, 0.2) is 0 Å². The summed E-state index contributed by atoms with van der Waals surface area (Å²) >= 11 is 0. The Morgan fingerprint density at radius 2 is 1.86 bits per heavy atom. The number of halogens is 3. The first-order chi connectivity index (χ1) is 13.1. The smallest absolute Gasteiger partial charge is 0.297 e. The highest BCUT2D eigenvalue weighted by Gasteiger charge is 2.43. The first kappa shape index (κ1) is 20.8. The van der Waals surface area contributed by atoms with Gasteiger partial charge in [-0.25, -0.2) is 13.1 Å². The van der Waals surface area contributed by atoms with Gasteiger partial charge >= 0.3 is 6.18 Å². The van der Waals surface area contributed by atoms with Crippen molar-refractivity contribution in [3.8, 4) is 0 Å². The van der Waals surface area contributed by atoms with Gasteiger partial charge in [0.1, 0.15) is 5.25 Å². The van der Waals surface area contributed by atoms with Crippen LogP contribution in [0, 0.1) is 6.92 Å². The maximum absolute atomic E-state index is 12.8. The monoisotopic (exact) mass is 414 g/mol. The van der Waals surface area contributed by atoms with Gasteiger partial charge in [0.25, 0.3) is 0 Å². The highest BCUT2D eigenvalue weighted by molar-refractivity contribution is 7.90. The Bertz CT molecular complexity index is 930. The molecule has 0 bridgehead atoms. The Kier molecular flexibility index (Phi) is 5.81. The molecule has 2 aromatic rings. The van der Waals surface area contributed by atoms with E-state index in [1.807, 2.05) is 31.2 Å². The van der Waals surface area contributed by atoms with Gasteiger partial charge in [0.05, 0.1) is 18.2 Å². The summed E-state index contributed by atoms with van der Waals surface area (Å²) in [4.78, 5) is 5.38. The van der Waals surface area contributed by atoms with E-state index in [1.165, 1.54) is 17.2 Å². The molecule has 3 rings (SSSR count). The van der Waals surface area contributed by atoms with Crippen LogP contribution in [0.15, 0.2) is 48.5 Å². The number of hydrogen-bond donors (Lipinski definition) is 1. The molecule has 0 aromatic heterocycles. The maximum Gasteiger partial charge on any atom is 0.416 e. The van der Waals surface area contributed by atoms with Crippen molar-refractivity contribution in [3.63, 3.8) is 0 Å². The molecule has 0 aliphatic carbocycles. The van der Waals surface area contributed by atoms with Crippen molar-refractivity contribution >= 4 is 10.0 Å². The van der Waals surface area contributed by atoms with Gasteiger partial charge in [-0.05, 0) is 30.2 Å². The quantitative estimate of drug-likeness (QED) is 0.815. The molecular formula is C19H21F3N2O3S. The van der Waals surface area contributed by atoms with Crippen molar-refractivity contribution in [3.05, 3.63) is 70.8 Å². The molecule has 1 aliphatic heterocycles. The van der Waals surface area contributed by atoms with Crippen LogP contribution in [0.25, 0.3) is 0 Å². The van der Waals surface area contributed by atoms with Crippen LogP contribution in [0.1, 0.15) is 28.3 Å². The van der Waals surface area contributed by atoms with E-state index in [1.54, 1.807) is 7.05 Å². The SMILES string of the molecule is Cc1cccc(CNS(=O)(=O)[C@@H]2CON(C)[C@H]2c2ccc(C(F)(F)F)cc2)c1. The lowest BCUT2D eigenvalue weighted by atomic mass is 10.0. The zero-order chi connectivity index (χ0) is 20.5. The van der Waals surface area contributed by atoms with E-state index in [0.717, 1.165) is 23.3 Å². The van der Waals surface area contributed by atoms with Gasteiger partial charge in [-0.15, -0.1) is 0 Å². The molecule has 1 saturated heterocycles. The Balaban J connectivity index is 1.79. The van der Waals surface area contributed by atoms with Crippen LogP contribution >= 0.6 is 0 Å². The second kappa shape index (κ2) is 7.82. The van der Waals surface area contributed by atoms with Gasteiger partial charge in [-0.1, -0.05) is 42.0 Å². The van der Waals surface area contributed by atoms with E-state index in [-0.39, 0.29) is 13.2 Å². The van der Waals surface area contributed by atoms with Crippen LogP contribution in [-0.4, -0.2) is 32.4 Å². The molecule has 2 atom stereocenters. The zero-order valence-corrected chi connectivity index (χ0v) is 16.2. The fourth-order valence-electron chi connectivity index (χ4n) is 3.26. The maximum atomic E-state index is 12.8. The molecule has 2 aromatic carbocycles. The average molecular weight is 414 g/mol. The lowest BCUT2D eigenvalue weighted by Crippen LogP contribution is -2.39. The van der Waals surface area contributed by atoms with Gasteiger partial charge in [0, 0.05) is 13.6 Å². The minimum absolute atomic E-state index is 0.0780. The summed E-state index contributed by atoms with van der Waals surface area (Å²) in [5.41, 5.74) is 1.50. The number of rotatable bonds is 5. The summed E-state index contributed by atoms with van der Waals surface area (Å²) < 4.78 is 66.6. The van der Waals surface area contributed by atoms with E-state index in [0.29, 0.717) is 5.56 Å². The predicted molar refractivity (Wildman–Crippen MR) is 98.6 cm³/mol. The highest BCUT2D eigenvalue weighted by Crippen LogP contribution is 2.35. The summed E-state index contributed by atoms with van der Waals surface area (Å²) in [5.74, 6) is 0. The number of hydrogen-bond acceptors (Lipinski definition) is 4. The Hall–Kier alpha value is -1.94. The number of nitrogens with one attached hydrogen (secondary N) is 1. The molecule has 0 saturated carbocycles. The Labute approximate surface area is 162 Å². The molecular weight excluding hydrogens is 393 g/mol. The van der Waals surface area contributed by atoms with Crippen LogP contribution in [0.2, 0.25) is 0 Å². The van der Waals surface area contributed by atoms with E-state index < -0.39 is 33.1 Å². The largest absolute Gasteiger partial charge is 0.416 e. The second-order valence-electron chi connectivity index (χ2n) is 6.80. The van der Waals surface area contributed by atoms with Crippen molar-refractivity contribution in [2.75, 3.05) is 13.7 Å². The van der Waals surface area contributed by atoms with Crippen molar-refractivity contribution in [2.24, 2.45) is 0 Å². The topological polar surface area (TPSA) is 58.6 Å². The minimum Gasteiger partial charge on any atom is -0.297 e. The summed E-state index contributed by atoms with van der Waals surface area (Å²) in [6.45, 7) is 1.97. The van der Waals surface area contributed by atoms with Crippen LogP contribution < -0.4 is 4.72 Å². The molecule has 28 heavy (non-hydrogen) atoms. The average Bonchev–Trinajstić information content (AvgIpc) is 3.02. The molecule has 5 nitrogen and oxygen atoms in total. The second-order valence-corrected chi connectivity index (χ2v) is 8.78. The normalized spacial score (nSPS) is 21.2. The molecule has 0 radical (unpaired) electrons. The molecule has 9 heteroatoms. The fraction of sp³-hybridized carbons (Fsp3) is 0.368. The number of aryl methyl sites for hydroxylation is 1. The predicted octanol–water partition coefficient (Wildman–Crippen LogP) is 3.42. The Morgan fingerprint density at radius 1 is 1.18 bits per heavy atom. The number of alkyl halides is 3. The molecule has 0 amide bonds. The third-order valence-corrected chi connectivity index (χ3v) is 6.46. The standard InChI is InChI=1S/C19H21F3N2O3S/c1-13-4-3-5-14(10-13)11-23-28(25,26)17-12-27-24(2)18(17)15-6-8-16(9-7-15)19(20,21)22/h3-10,17-18,23H,11-12H2,1-2H3/t17-,18+/m1/s1. The third kappa shape index (κ3) is 4.54. The first-order valence-corrected chi connectivity index (χ1v) is 10.2. The van der Waals surface area contributed by atoms with E-state index in [4.69, 9.17) is 4.84 Å². The molecule has 1 fully saturated rings. The van der Waals surface area contributed by atoms with Crippen molar-refractivity contribution in [2.45, 2.75) is 30.9 Å². The lowest BCUT2D eigenvalue weighted by molar-refractivity contribution is -0.137. The molecule has 1 heterocycles. The van der Waals surface area contributed by atoms with Crippen molar-refractivity contribution in [1.29, 1.82) is 0 Å². The van der Waals surface area contributed by atoms with Crippen LogP contribution in [0.3, 0.4) is 0 Å². The fourth-order valence-corrected chi connectivity index (χ4v) is 4.75. The highest BCUT2D eigenvalue weighted by atomic mass is 32.2. The molecule has 0 spiro atoms. The molecule has 0 unspecified atom stereocenters. The number of sulfonamides is 1. The van der Waals surface area contributed by atoms with Gasteiger partial charge in [-0.2, -0.15) is 18.2 Å². The number of nitrogens with zero attached hydrogens (tertiary/aromatic N) is 1. The summed E-state index contributed by atoms with van der Waals surface area (Å²) in [6, 6.07) is 11.2. The summed E-state index contributed by atoms with van der Waals surface area (Å²) in [6.07, 6.45) is -4.45. The van der Waals surface area contributed by atoms with Crippen molar-refractivity contribution in [1.82, 2.24) is 9.79 Å². The molecule has 152 valence electrons. The minimum atomic E-state index is -4.45. The summed E-state index contributed by atoms with van der Waals surface area (Å²) in [7, 11) is -2.21. The molecule has 1 N–H and O–H groups in total. The third-order valence-electron chi connectivity index (χ3n) is 4.72. The van der Waals surface area contributed by atoms with E-state index in [2.05, 4.69) is 4.72 Å².